The summed E-state index contributed by atoms with van der Waals surface area (Å²) < 4.78 is 0. The Hall–Kier alpha value is -1.31. The molecule has 1 aliphatic carbocycles. The van der Waals surface area contributed by atoms with Crippen LogP contribution in [0.15, 0.2) is 24.3 Å². The normalized spacial score (nSPS) is 26.4. The van der Waals surface area contributed by atoms with Gasteiger partial charge in [-0.05, 0) is 48.6 Å². The second-order valence-corrected chi connectivity index (χ2v) is 6.11. The van der Waals surface area contributed by atoms with Crippen LogP contribution in [0.3, 0.4) is 0 Å². The van der Waals surface area contributed by atoms with Crippen molar-refractivity contribution in [2.45, 2.75) is 58.3 Å². The first-order valence-corrected chi connectivity index (χ1v) is 7.97. The Morgan fingerprint density at radius 3 is 2.45 bits per heavy atom. The molecule has 0 radical (unpaired) electrons. The van der Waals surface area contributed by atoms with E-state index in [-0.39, 0.29) is 11.8 Å². The number of hydrogen-bond acceptors (Lipinski definition) is 1. The zero-order chi connectivity index (χ0) is 14.5. The Morgan fingerprint density at radius 1 is 1.20 bits per heavy atom. The standard InChI is InChI=1S/C18H26O2/c1-3-5-14-8-11-16(18(19)20)17(12-14)15-9-6-13(4-2)7-10-15/h6-7,9-10,14,16-17H,3-5,8,11-12H2,1-2H3,(H,19,20). The van der Waals surface area contributed by atoms with Crippen molar-refractivity contribution in [1.29, 1.82) is 0 Å². The number of hydrogen-bond donors (Lipinski definition) is 1. The van der Waals surface area contributed by atoms with Crippen molar-refractivity contribution in [3.05, 3.63) is 35.4 Å². The van der Waals surface area contributed by atoms with Gasteiger partial charge in [0.15, 0.2) is 0 Å². The number of benzene rings is 1. The first-order chi connectivity index (χ1) is 9.65. The fourth-order valence-electron chi connectivity index (χ4n) is 3.59. The third kappa shape index (κ3) is 3.41. The smallest absolute Gasteiger partial charge is 0.307 e. The minimum absolute atomic E-state index is 0.198. The van der Waals surface area contributed by atoms with E-state index < -0.39 is 5.97 Å². The van der Waals surface area contributed by atoms with E-state index in [2.05, 4.69) is 38.1 Å². The van der Waals surface area contributed by atoms with Gasteiger partial charge in [0.25, 0.3) is 0 Å². The monoisotopic (exact) mass is 274 g/mol. The maximum Gasteiger partial charge on any atom is 0.307 e. The third-order valence-corrected chi connectivity index (χ3v) is 4.79. The molecular formula is C18H26O2. The first kappa shape index (κ1) is 15.1. The molecule has 1 N–H and O–H groups in total. The second-order valence-electron chi connectivity index (χ2n) is 6.11. The van der Waals surface area contributed by atoms with Crippen LogP contribution in [-0.4, -0.2) is 11.1 Å². The molecule has 20 heavy (non-hydrogen) atoms. The Balaban J connectivity index is 2.19. The molecular weight excluding hydrogens is 248 g/mol. The molecule has 0 spiro atoms. The first-order valence-electron chi connectivity index (χ1n) is 7.97. The van der Waals surface area contributed by atoms with Crippen LogP contribution in [-0.2, 0) is 11.2 Å². The molecule has 0 saturated heterocycles. The van der Waals surface area contributed by atoms with Gasteiger partial charge in [-0.3, -0.25) is 4.79 Å². The highest BCUT2D eigenvalue weighted by molar-refractivity contribution is 5.71. The number of rotatable bonds is 5. The Bertz CT molecular complexity index is 435. The number of aliphatic carboxylic acids is 1. The van der Waals surface area contributed by atoms with E-state index in [0.717, 1.165) is 25.7 Å². The van der Waals surface area contributed by atoms with Crippen LogP contribution in [0, 0.1) is 11.8 Å². The van der Waals surface area contributed by atoms with Gasteiger partial charge in [0.05, 0.1) is 5.92 Å². The Kier molecular flexibility index (Phi) is 5.22. The molecule has 1 fully saturated rings. The van der Waals surface area contributed by atoms with Gasteiger partial charge in [-0.1, -0.05) is 51.0 Å². The Labute approximate surface area is 122 Å². The fourth-order valence-corrected chi connectivity index (χ4v) is 3.59. The summed E-state index contributed by atoms with van der Waals surface area (Å²) in [5.74, 6) is 0.0789. The maximum absolute atomic E-state index is 11.5. The van der Waals surface area contributed by atoms with Crippen molar-refractivity contribution in [2.75, 3.05) is 0 Å². The molecule has 110 valence electrons. The molecule has 2 heteroatoms. The fraction of sp³-hybridized carbons (Fsp3) is 0.611. The highest BCUT2D eigenvalue weighted by Crippen LogP contribution is 2.42. The van der Waals surface area contributed by atoms with E-state index in [1.807, 2.05) is 0 Å². The van der Waals surface area contributed by atoms with Crippen LogP contribution in [0.2, 0.25) is 0 Å². The zero-order valence-electron chi connectivity index (χ0n) is 12.6. The highest BCUT2D eigenvalue weighted by Gasteiger charge is 2.35. The lowest BCUT2D eigenvalue weighted by Crippen LogP contribution is -2.29. The van der Waals surface area contributed by atoms with E-state index in [1.165, 1.54) is 24.0 Å². The quantitative estimate of drug-likeness (QED) is 0.849. The molecule has 1 aromatic carbocycles. The lowest BCUT2D eigenvalue weighted by atomic mass is 9.70. The summed E-state index contributed by atoms with van der Waals surface area (Å²) in [6.45, 7) is 4.36. The molecule has 1 aliphatic rings. The van der Waals surface area contributed by atoms with Gasteiger partial charge in [-0.15, -0.1) is 0 Å². The summed E-state index contributed by atoms with van der Waals surface area (Å²) in [4.78, 5) is 11.5. The topological polar surface area (TPSA) is 37.3 Å². The van der Waals surface area contributed by atoms with E-state index in [9.17, 15) is 9.90 Å². The number of aryl methyl sites for hydroxylation is 1. The molecule has 0 amide bonds. The van der Waals surface area contributed by atoms with Gasteiger partial charge >= 0.3 is 5.97 Å². The number of carboxylic acid groups (broad SMARTS) is 1. The van der Waals surface area contributed by atoms with Gasteiger partial charge in [0.2, 0.25) is 0 Å². The predicted octanol–water partition coefficient (Wildman–Crippen LogP) is 4.63. The highest BCUT2D eigenvalue weighted by atomic mass is 16.4. The molecule has 1 aromatic rings. The van der Waals surface area contributed by atoms with Crippen molar-refractivity contribution in [1.82, 2.24) is 0 Å². The molecule has 0 bridgehead atoms. The molecule has 0 heterocycles. The Morgan fingerprint density at radius 2 is 1.90 bits per heavy atom. The summed E-state index contributed by atoms with van der Waals surface area (Å²) in [5, 5.41) is 9.49. The van der Waals surface area contributed by atoms with E-state index in [1.54, 1.807) is 0 Å². The SMILES string of the molecule is CCCC1CCC(C(=O)O)C(c2ccc(CC)cc2)C1. The zero-order valence-corrected chi connectivity index (χ0v) is 12.6. The summed E-state index contributed by atoms with van der Waals surface area (Å²) in [7, 11) is 0. The van der Waals surface area contributed by atoms with Gasteiger partial charge in [-0.2, -0.15) is 0 Å². The lowest BCUT2D eigenvalue weighted by Gasteiger charge is -2.34. The number of carbonyl (C=O) groups is 1. The maximum atomic E-state index is 11.5. The average molecular weight is 274 g/mol. The molecule has 2 rings (SSSR count). The van der Waals surface area contributed by atoms with Gasteiger partial charge < -0.3 is 5.11 Å². The molecule has 0 aliphatic heterocycles. The van der Waals surface area contributed by atoms with Crippen LogP contribution in [0.4, 0.5) is 0 Å². The van der Waals surface area contributed by atoms with Crippen molar-refractivity contribution in [3.8, 4) is 0 Å². The van der Waals surface area contributed by atoms with Crippen LogP contribution in [0.1, 0.15) is 63.0 Å². The van der Waals surface area contributed by atoms with Crippen LogP contribution in [0.5, 0.6) is 0 Å². The third-order valence-electron chi connectivity index (χ3n) is 4.79. The van der Waals surface area contributed by atoms with Gasteiger partial charge in [-0.25, -0.2) is 0 Å². The minimum atomic E-state index is -0.621. The largest absolute Gasteiger partial charge is 0.481 e. The minimum Gasteiger partial charge on any atom is -0.481 e. The summed E-state index contributed by atoms with van der Waals surface area (Å²) in [5.41, 5.74) is 2.54. The van der Waals surface area contributed by atoms with Crippen molar-refractivity contribution >= 4 is 5.97 Å². The summed E-state index contributed by atoms with van der Waals surface area (Å²) in [6.07, 6.45) is 6.41. The molecule has 2 nitrogen and oxygen atoms in total. The molecule has 3 atom stereocenters. The van der Waals surface area contributed by atoms with E-state index >= 15 is 0 Å². The molecule has 3 unspecified atom stereocenters. The second kappa shape index (κ2) is 6.92. The molecule has 1 saturated carbocycles. The van der Waals surface area contributed by atoms with Crippen molar-refractivity contribution in [2.24, 2.45) is 11.8 Å². The predicted molar refractivity (Wildman–Crippen MR) is 81.9 cm³/mol. The van der Waals surface area contributed by atoms with Crippen LogP contribution < -0.4 is 0 Å². The average Bonchev–Trinajstić information content (AvgIpc) is 2.47. The number of carboxylic acids is 1. The lowest BCUT2D eigenvalue weighted by molar-refractivity contribution is -0.143. The van der Waals surface area contributed by atoms with Gasteiger partial charge in [0, 0.05) is 0 Å². The summed E-state index contributed by atoms with van der Waals surface area (Å²) >= 11 is 0. The van der Waals surface area contributed by atoms with E-state index in [0.29, 0.717) is 5.92 Å². The summed E-state index contributed by atoms with van der Waals surface area (Å²) in [6, 6.07) is 8.59. The van der Waals surface area contributed by atoms with Crippen molar-refractivity contribution in [3.63, 3.8) is 0 Å². The van der Waals surface area contributed by atoms with Crippen molar-refractivity contribution < 1.29 is 9.90 Å². The van der Waals surface area contributed by atoms with Crippen LogP contribution in [0.25, 0.3) is 0 Å². The molecule has 0 aromatic heterocycles. The van der Waals surface area contributed by atoms with Gasteiger partial charge in [0.1, 0.15) is 0 Å². The van der Waals surface area contributed by atoms with Crippen LogP contribution >= 0.6 is 0 Å². The van der Waals surface area contributed by atoms with E-state index in [4.69, 9.17) is 0 Å².